The lowest BCUT2D eigenvalue weighted by Gasteiger charge is -2.17. The minimum absolute atomic E-state index is 0. The number of guanidine groups is 1. The SMILES string of the molecule is Cc1ccc(CN=C(N)Nc2ccc(OC(F)(F)F)cc2)c(N(C)C)c1.I. The van der Waals surface area contributed by atoms with Crippen molar-refractivity contribution in [2.45, 2.75) is 19.8 Å². The zero-order chi connectivity index (χ0) is 19.3. The van der Waals surface area contributed by atoms with Gasteiger partial charge in [0.15, 0.2) is 5.96 Å². The molecule has 0 aliphatic heterocycles. The Balaban J connectivity index is 0.00000364. The maximum atomic E-state index is 12.1. The number of nitrogens with one attached hydrogen (secondary N) is 1. The van der Waals surface area contributed by atoms with Crippen molar-refractivity contribution in [3.8, 4) is 5.75 Å². The van der Waals surface area contributed by atoms with Gasteiger partial charge in [-0.15, -0.1) is 37.1 Å². The summed E-state index contributed by atoms with van der Waals surface area (Å²) in [6.07, 6.45) is -4.71. The molecule has 0 fully saturated rings. The van der Waals surface area contributed by atoms with Crippen LogP contribution in [0.5, 0.6) is 5.75 Å². The highest BCUT2D eigenvalue weighted by atomic mass is 127. The molecule has 2 rings (SSSR count). The largest absolute Gasteiger partial charge is 0.573 e. The molecule has 0 heterocycles. The molecule has 0 bridgehead atoms. The average Bonchev–Trinajstić information content (AvgIpc) is 2.54. The zero-order valence-electron chi connectivity index (χ0n) is 15.2. The number of aliphatic imine (C=N–C) groups is 1. The molecule has 2 aromatic rings. The number of halogens is 4. The van der Waals surface area contributed by atoms with E-state index in [0.29, 0.717) is 12.2 Å². The molecule has 0 radical (unpaired) electrons. The van der Waals surface area contributed by atoms with Crippen molar-refractivity contribution >= 4 is 41.3 Å². The summed E-state index contributed by atoms with van der Waals surface area (Å²) in [5, 5.41) is 2.84. The fraction of sp³-hybridized carbons (Fsp3) is 0.278. The lowest BCUT2D eigenvalue weighted by atomic mass is 10.1. The second-order valence-corrected chi connectivity index (χ2v) is 5.93. The van der Waals surface area contributed by atoms with Crippen molar-refractivity contribution in [3.63, 3.8) is 0 Å². The number of nitrogens with two attached hydrogens (primary N) is 1. The summed E-state index contributed by atoms with van der Waals surface area (Å²) in [6.45, 7) is 2.39. The molecule has 0 aliphatic carbocycles. The molecule has 0 saturated carbocycles. The highest BCUT2D eigenvalue weighted by Gasteiger charge is 2.30. The van der Waals surface area contributed by atoms with E-state index in [0.717, 1.165) is 16.8 Å². The fourth-order valence-electron chi connectivity index (χ4n) is 2.32. The van der Waals surface area contributed by atoms with E-state index in [1.807, 2.05) is 38.1 Å². The molecule has 0 atom stereocenters. The van der Waals surface area contributed by atoms with Crippen molar-refractivity contribution in [1.29, 1.82) is 0 Å². The van der Waals surface area contributed by atoms with Crippen molar-refractivity contribution in [2.75, 3.05) is 24.3 Å². The molecule has 0 aliphatic rings. The summed E-state index contributed by atoms with van der Waals surface area (Å²) in [6, 6.07) is 11.3. The minimum atomic E-state index is -4.71. The molecule has 5 nitrogen and oxygen atoms in total. The van der Waals surface area contributed by atoms with E-state index in [1.54, 1.807) is 0 Å². The van der Waals surface area contributed by atoms with Gasteiger partial charge < -0.3 is 20.7 Å². The van der Waals surface area contributed by atoms with E-state index >= 15 is 0 Å². The molecule has 0 spiro atoms. The molecule has 27 heavy (non-hydrogen) atoms. The number of nitrogens with zero attached hydrogens (tertiary/aromatic N) is 2. The van der Waals surface area contributed by atoms with Crippen molar-refractivity contribution in [1.82, 2.24) is 0 Å². The quantitative estimate of drug-likeness (QED) is 0.365. The van der Waals surface area contributed by atoms with Crippen LogP contribution in [0.3, 0.4) is 0 Å². The van der Waals surface area contributed by atoms with Crippen molar-refractivity contribution < 1.29 is 17.9 Å². The van der Waals surface area contributed by atoms with Gasteiger partial charge in [0.05, 0.1) is 6.54 Å². The molecule has 0 amide bonds. The van der Waals surface area contributed by atoms with Gasteiger partial charge in [-0.3, -0.25) is 0 Å². The number of ether oxygens (including phenoxy) is 1. The Labute approximate surface area is 173 Å². The molecular weight excluding hydrogens is 472 g/mol. The summed E-state index contributed by atoms with van der Waals surface area (Å²) in [5.74, 6) is -0.131. The smallest absolute Gasteiger partial charge is 0.406 e. The van der Waals surface area contributed by atoms with Crippen LogP contribution in [0.15, 0.2) is 47.5 Å². The highest BCUT2D eigenvalue weighted by molar-refractivity contribution is 14.0. The first kappa shape index (κ1) is 22.9. The molecule has 0 unspecified atom stereocenters. The molecule has 0 aromatic heterocycles. The van der Waals surface area contributed by atoms with Crippen LogP contribution in [0.2, 0.25) is 0 Å². The van der Waals surface area contributed by atoms with Crippen LogP contribution < -0.4 is 20.7 Å². The van der Waals surface area contributed by atoms with E-state index in [2.05, 4.69) is 21.1 Å². The number of anilines is 2. The Bertz CT molecular complexity index is 777. The lowest BCUT2D eigenvalue weighted by Crippen LogP contribution is -2.23. The minimum Gasteiger partial charge on any atom is -0.406 e. The van der Waals surface area contributed by atoms with Gasteiger partial charge in [-0.05, 0) is 48.4 Å². The van der Waals surface area contributed by atoms with Crippen LogP contribution in [0, 0.1) is 6.92 Å². The summed E-state index contributed by atoms with van der Waals surface area (Å²) in [5.41, 5.74) is 9.59. The predicted molar refractivity (Wildman–Crippen MR) is 113 cm³/mol. The van der Waals surface area contributed by atoms with E-state index in [4.69, 9.17) is 5.73 Å². The summed E-state index contributed by atoms with van der Waals surface area (Å²) >= 11 is 0. The first-order chi connectivity index (χ1) is 12.1. The van der Waals surface area contributed by atoms with E-state index in [9.17, 15) is 13.2 Å². The Kier molecular flexibility index (Phi) is 8.20. The number of alkyl halides is 3. The number of hydrogen-bond acceptors (Lipinski definition) is 3. The number of benzene rings is 2. The van der Waals surface area contributed by atoms with Gasteiger partial charge in [-0.1, -0.05) is 12.1 Å². The van der Waals surface area contributed by atoms with Gasteiger partial charge in [-0.25, -0.2) is 4.99 Å². The Hall–Kier alpha value is -2.17. The third kappa shape index (κ3) is 7.53. The van der Waals surface area contributed by atoms with Crippen LogP contribution >= 0.6 is 24.0 Å². The van der Waals surface area contributed by atoms with Crippen LogP contribution in [-0.2, 0) is 6.54 Å². The fourth-order valence-corrected chi connectivity index (χ4v) is 2.32. The molecule has 0 saturated heterocycles. The monoisotopic (exact) mass is 494 g/mol. The van der Waals surface area contributed by atoms with Crippen molar-refractivity contribution in [3.05, 3.63) is 53.6 Å². The topological polar surface area (TPSA) is 62.9 Å². The van der Waals surface area contributed by atoms with Crippen LogP contribution in [-0.4, -0.2) is 26.4 Å². The van der Waals surface area contributed by atoms with E-state index in [-0.39, 0.29) is 35.7 Å². The number of hydrogen-bond donors (Lipinski definition) is 2. The standard InChI is InChI=1S/C18H21F3N4O.HI/c1-12-4-5-13(16(10-12)25(2)3)11-23-17(22)24-14-6-8-15(9-7-14)26-18(19,20)21;/h4-10H,11H2,1-3H3,(H3,22,23,24);1H. The van der Waals surface area contributed by atoms with Crippen LogP contribution in [0.1, 0.15) is 11.1 Å². The van der Waals surface area contributed by atoms with Gasteiger partial charge in [-0.2, -0.15) is 0 Å². The first-order valence-electron chi connectivity index (χ1n) is 7.83. The number of rotatable bonds is 5. The van der Waals surface area contributed by atoms with E-state index < -0.39 is 6.36 Å². The molecule has 9 heteroatoms. The van der Waals surface area contributed by atoms with Crippen LogP contribution in [0.4, 0.5) is 24.5 Å². The molecule has 148 valence electrons. The van der Waals surface area contributed by atoms with Gasteiger partial charge in [0.2, 0.25) is 0 Å². The van der Waals surface area contributed by atoms with Gasteiger partial charge >= 0.3 is 6.36 Å². The Morgan fingerprint density at radius 1 is 1.15 bits per heavy atom. The Morgan fingerprint density at radius 2 is 1.78 bits per heavy atom. The average molecular weight is 494 g/mol. The third-order valence-corrected chi connectivity index (χ3v) is 3.50. The molecule has 2 aromatic carbocycles. The van der Waals surface area contributed by atoms with Crippen molar-refractivity contribution in [2.24, 2.45) is 10.7 Å². The third-order valence-electron chi connectivity index (χ3n) is 3.50. The molecular formula is C18H22F3IN4O. The molecule has 3 N–H and O–H groups in total. The van der Waals surface area contributed by atoms with Gasteiger partial charge in [0.25, 0.3) is 0 Å². The predicted octanol–water partition coefficient (Wildman–Crippen LogP) is 4.50. The second kappa shape index (κ2) is 9.67. The summed E-state index contributed by atoms with van der Waals surface area (Å²) in [4.78, 5) is 6.29. The van der Waals surface area contributed by atoms with E-state index in [1.165, 1.54) is 24.3 Å². The van der Waals surface area contributed by atoms with Gasteiger partial charge in [0.1, 0.15) is 5.75 Å². The summed E-state index contributed by atoms with van der Waals surface area (Å²) < 4.78 is 40.3. The van der Waals surface area contributed by atoms with Crippen LogP contribution in [0.25, 0.3) is 0 Å². The zero-order valence-corrected chi connectivity index (χ0v) is 17.5. The maximum Gasteiger partial charge on any atom is 0.573 e. The Morgan fingerprint density at radius 3 is 2.33 bits per heavy atom. The van der Waals surface area contributed by atoms with Gasteiger partial charge in [0, 0.05) is 25.5 Å². The first-order valence-corrected chi connectivity index (χ1v) is 7.83. The maximum absolute atomic E-state index is 12.1. The second-order valence-electron chi connectivity index (χ2n) is 5.93. The summed E-state index contributed by atoms with van der Waals surface area (Å²) in [7, 11) is 3.91. The highest BCUT2D eigenvalue weighted by Crippen LogP contribution is 2.24. The lowest BCUT2D eigenvalue weighted by molar-refractivity contribution is -0.274. The number of aryl methyl sites for hydroxylation is 1. The normalized spacial score (nSPS) is 11.6.